The van der Waals surface area contributed by atoms with Gasteiger partial charge in [-0.25, -0.2) is 9.37 Å². The van der Waals surface area contributed by atoms with Gasteiger partial charge in [0.25, 0.3) is 0 Å². The highest BCUT2D eigenvalue weighted by atomic mass is 79.9. The Hall–Kier alpha value is -0.820. The number of hydrogen-bond acceptors (Lipinski definition) is 4. The van der Waals surface area contributed by atoms with Gasteiger partial charge in [0.1, 0.15) is 10.8 Å². The standard InChI is InChI=1S/C10H9BrFN3S/c11-6-1-2-8(12)7(3-6)9-5-16-10(15-9)4-14-13/h1-3,5,14H,4,13H2. The number of nitrogens with two attached hydrogens (primary N) is 1. The fourth-order valence-corrected chi connectivity index (χ4v) is 2.40. The molecule has 16 heavy (non-hydrogen) atoms. The molecular weight excluding hydrogens is 293 g/mol. The number of halogens is 2. The van der Waals surface area contributed by atoms with Crippen LogP contribution in [-0.2, 0) is 6.54 Å². The Morgan fingerprint density at radius 3 is 3.06 bits per heavy atom. The summed E-state index contributed by atoms with van der Waals surface area (Å²) < 4.78 is 14.4. The molecule has 2 rings (SSSR count). The van der Waals surface area contributed by atoms with Gasteiger partial charge in [-0.3, -0.25) is 11.3 Å². The van der Waals surface area contributed by atoms with Crippen LogP contribution in [0.5, 0.6) is 0 Å². The summed E-state index contributed by atoms with van der Waals surface area (Å²) in [6.45, 7) is 0.486. The number of aromatic nitrogens is 1. The highest BCUT2D eigenvalue weighted by Gasteiger charge is 2.09. The molecule has 0 saturated carbocycles. The molecule has 0 bridgehead atoms. The van der Waals surface area contributed by atoms with Gasteiger partial charge in [-0.05, 0) is 18.2 Å². The van der Waals surface area contributed by atoms with E-state index in [1.165, 1.54) is 17.4 Å². The molecule has 1 heterocycles. The zero-order valence-corrected chi connectivity index (χ0v) is 10.6. The Morgan fingerprint density at radius 1 is 1.50 bits per heavy atom. The van der Waals surface area contributed by atoms with Crippen LogP contribution in [0.1, 0.15) is 5.01 Å². The maximum Gasteiger partial charge on any atom is 0.132 e. The lowest BCUT2D eigenvalue weighted by Gasteiger charge is -2.00. The van der Waals surface area contributed by atoms with E-state index in [1.54, 1.807) is 12.1 Å². The van der Waals surface area contributed by atoms with Gasteiger partial charge in [0, 0.05) is 15.4 Å². The second-order valence-corrected chi connectivity index (χ2v) is 4.99. The van der Waals surface area contributed by atoms with E-state index in [9.17, 15) is 4.39 Å². The predicted octanol–water partition coefficient (Wildman–Crippen LogP) is 2.68. The van der Waals surface area contributed by atoms with Crippen molar-refractivity contribution in [2.24, 2.45) is 5.84 Å². The van der Waals surface area contributed by atoms with Crippen LogP contribution < -0.4 is 11.3 Å². The number of benzene rings is 1. The lowest BCUT2D eigenvalue weighted by molar-refractivity contribution is 0.630. The van der Waals surface area contributed by atoms with Crippen LogP contribution in [0.2, 0.25) is 0 Å². The van der Waals surface area contributed by atoms with Crippen molar-refractivity contribution >= 4 is 27.3 Å². The van der Waals surface area contributed by atoms with Crippen molar-refractivity contribution in [3.05, 3.63) is 38.9 Å². The molecule has 1 aromatic heterocycles. The number of nitrogens with zero attached hydrogens (tertiary/aromatic N) is 1. The Balaban J connectivity index is 2.38. The van der Waals surface area contributed by atoms with Crippen LogP contribution in [0.4, 0.5) is 4.39 Å². The summed E-state index contributed by atoms with van der Waals surface area (Å²) in [6.07, 6.45) is 0. The molecule has 84 valence electrons. The third kappa shape index (κ3) is 2.46. The predicted molar refractivity (Wildman–Crippen MR) is 66.2 cm³/mol. The molecule has 0 aliphatic rings. The molecule has 0 aliphatic heterocycles. The monoisotopic (exact) mass is 301 g/mol. The maximum atomic E-state index is 13.6. The summed E-state index contributed by atoms with van der Waals surface area (Å²) in [7, 11) is 0. The first-order valence-electron chi connectivity index (χ1n) is 4.54. The van der Waals surface area contributed by atoms with Gasteiger partial charge in [-0.15, -0.1) is 11.3 Å². The third-order valence-corrected chi connectivity index (χ3v) is 3.35. The normalized spacial score (nSPS) is 10.7. The fraction of sp³-hybridized carbons (Fsp3) is 0.100. The first-order valence-corrected chi connectivity index (χ1v) is 6.21. The first-order chi connectivity index (χ1) is 7.70. The van der Waals surface area contributed by atoms with Crippen molar-refractivity contribution < 1.29 is 4.39 Å². The molecule has 0 radical (unpaired) electrons. The van der Waals surface area contributed by atoms with Crippen LogP contribution in [0.3, 0.4) is 0 Å². The number of hydrogen-bond donors (Lipinski definition) is 2. The van der Waals surface area contributed by atoms with Crippen molar-refractivity contribution in [3.63, 3.8) is 0 Å². The second kappa shape index (κ2) is 5.01. The van der Waals surface area contributed by atoms with Crippen LogP contribution in [0.25, 0.3) is 11.3 Å². The van der Waals surface area contributed by atoms with Gasteiger partial charge < -0.3 is 0 Å². The smallest absolute Gasteiger partial charge is 0.132 e. The van der Waals surface area contributed by atoms with E-state index < -0.39 is 0 Å². The van der Waals surface area contributed by atoms with E-state index >= 15 is 0 Å². The first kappa shape index (κ1) is 11.7. The molecule has 3 N–H and O–H groups in total. The Kier molecular flexibility index (Phi) is 3.65. The second-order valence-electron chi connectivity index (χ2n) is 3.13. The van der Waals surface area contributed by atoms with Gasteiger partial charge in [0.15, 0.2) is 0 Å². The Labute approximate surface area is 105 Å². The average molecular weight is 302 g/mol. The molecule has 0 amide bonds. The van der Waals surface area contributed by atoms with Gasteiger partial charge in [0.2, 0.25) is 0 Å². The zero-order valence-electron chi connectivity index (χ0n) is 8.21. The lowest BCUT2D eigenvalue weighted by atomic mass is 10.1. The van der Waals surface area contributed by atoms with E-state index in [2.05, 4.69) is 26.3 Å². The minimum Gasteiger partial charge on any atom is -0.271 e. The van der Waals surface area contributed by atoms with Crippen molar-refractivity contribution in [1.29, 1.82) is 0 Å². The minimum absolute atomic E-state index is 0.277. The largest absolute Gasteiger partial charge is 0.271 e. The van der Waals surface area contributed by atoms with Gasteiger partial charge >= 0.3 is 0 Å². The summed E-state index contributed by atoms with van der Waals surface area (Å²) in [5, 5.41) is 2.65. The topological polar surface area (TPSA) is 50.9 Å². The van der Waals surface area contributed by atoms with E-state index in [-0.39, 0.29) is 5.82 Å². The molecule has 3 nitrogen and oxygen atoms in total. The lowest BCUT2D eigenvalue weighted by Crippen LogP contribution is -2.20. The van der Waals surface area contributed by atoms with E-state index in [1.807, 2.05) is 5.38 Å². The Morgan fingerprint density at radius 2 is 2.31 bits per heavy atom. The molecule has 0 atom stereocenters. The van der Waals surface area contributed by atoms with E-state index in [0.29, 0.717) is 17.8 Å². The summed E-state index contributed by atoms with van der Waals surface area (Å²) in [6, 6.07) is 4.79. The number of thiazole rings is 1. The van der Waals surface area contributed by atoms with Crippen LogP contribution >= 0.6 is 27.3 Å². The highest BCUT2D eigenvalue weighted by molar-refractivity contribution is 9.10. The SMILES string of the molecule is NNCc1nc(-c2cc(Br)ccc2F)cs1. The van der Waals surface area contributed by atoms with Gasteiger partial charge in [-0.2, -0.15) is 0 Å². The average Bonchev–Trinajstić information content (AvgIpc) is 2.71. The summed E-state index contributed by atoms with van der Waals surface area (Å²) in [4.78, 5) is 4.29. The van der Waals surface area contributed by atoms with Crippen molar-refractivity contribution in [3.8, 4) is 11.3 Å². The van der Waals surface area contributed by atoms with Crippen molar-refractivity contribution in [2.45, 2.75) is 6.54 Å². The number of rotatable bonds is 3. The van der Waals surface area contributed by atoms with Crippen LogP contribution in [0, 0.1) is 5.82 Å². The van der Waals surface area contributed by atoms with Gasteiger partial charge in [-0.1, -0.05) is 15.9 Å². The molecule has 2 aromatic rings. The fourth-order valence-electron chi connectivity index (χ4n) is 1.30. The van der Waals surface area contributed by atoms with Crippen molar-refractivity contribution in [2.75, 3.05) is 0 Å². The Bertz CT molecular complexity index is 501. The van der Waals surface area contributed by atoms with Crippen molar-refractivity contribution in [1.82, 2.24) is 10.4 Å². The molecule has 1 aromatic carbocycles. The summed E-state index contributed by atoms with van der Waals surface area (Å²) >= 11 is 4.76. The quantitative estimate of drug-likeness (QED) is 0.677. The molecule has 0 unspecified atom stereocenters. The third-order valence-electron chi connectivity index (χ3n) is 2.01. The van der Waals surface area contributed by atoms with Crippen LogP contribution in [0.15, 0.2) is 28.1 Å². The van der Waals surface area contributed by atoms with E-state index in [4.69, 9.17) is 5.84 Å². The van der Waals surface area contributed by atoms with Crippen LogP contribution in [-0.4, -0.2) is 4.98 Å². The molecule has 6 heteroatoms. The van der Waals surface area contributed by atoms with E-state index in [0.717, 1.165) is 9.48 Å². The molecular formula is C10H9BrFN3S. The summed E-state index contributed by atoms with van der Waals surface area (Å²) in [5.41, 5.74) is 3.65. The number of nitrogens with one attached hydrogen (secondary N) is 1. The minimum atomic E-state index is -0.277. The van der Waals surface area contributed by atoms with Gasteiger partial charge in [0.05, 0.1) is 12.2 Å². The molecule has 0 fully saturated rings. The molecule has 0 spiro atoms. The zero-order chi connectivity index (χ0) is 11.5. The summed E-state index contributed by atoms with van der Waals surface area (Å²) in [5.74, 6) is 4.92. The molecule has 0 saturated heterocycles. The molecule has 0 aliphatic carbocycles. The highest BCUT2D eigenvalue weighted by Crippen LogP contribution is 2.27. The number of hydrazine groups is 1. The maximum absolute atomic E-state index is 13.6.